The van der Waals surface area contributed by atoms with Crippen molar-refractivity contribution in [3.05, 3.63) is 71.7 Å². The molecule has 0 spiro atoms. The maximum Gasteiger partial charge on any atom is 0.168 e. The highest BCUT2D eigenvalue weighted by atomic mass is 15.3. The molecule has 25 heavy (non-hydrogen) atoms. The highest BCUT2D eigenvalue weighted by Crippen LogP contribution is 2.26. The molecular formula is C20H19N5. The highest BCUT2D eigenvalue weighted by molar-refractivity contribution is 5.89. The van der Waals surface area contributed by atoms with Crippen LogP contribution in [0.3, 0.4) is 0 Å². The molecule has 0 aliphatic carbocycles. The Morgan fingerprint density at radius 2 is 1.72 bits per heavy atom. The van der Waals surface area contributed by atoms with E-state index in [1.54, 1.807) is 6.33 Å². The molecule has 0 saturated heterocycles. The predicted octanol–water partition coefficient (Wildman–Crippen LogP) is 4.48. The summed E-state index contributed by atoms with van der Waals surface area (Å²) < 4.78 is 1.87. The van der Waals surface area contributed by atoms with Gasteiger partial charge in [-0.3, -0.25) is 0 Å². The van der Waals surface area contributed by atoms with Gasteiger partial charge < -0.3 is 5.32 Å². The zero-order chi connectivity index (χ0) is 17.4. The molecule has 0 unspecified atom stereocenters. The van der Waals surface area contributed by atoms with Crippen molar-refractivity contribution in [2.24, 2.45) is 0 Å². The Bertz CT molecular complexity index is 1050. The average Bonchev–Trinajstić information content (AvgIpc) is 3.04. The van der Waals surface area contributed by atoms with Crippen LogP contribution in [0.2, 0.25) is 0 Å². The lowest BCUT2D eigenvalue weighted by molar-refractivity contribution is 0.885. The molecule has 0 aliphatic heterocycles. The Balaban J connectivity index is 1.80. The van der Waals surface area contributed by atoms with Gasteiger partial charge in [-0.05, 0) is 50.1 Å². The number of nitrogens with zero attached hydrogens (tertiary/aromatic N) is 4. The van der Waals surface area contributed by atoms with Crippen molar-refractivity contribution in [3.63, 3.8) is 0 Å². The number of hydrogen-bond acceptors (Lipinski definition) is 4. The molecule has 0 fully saturated rings. The van der Waals surface area contributed by atoms with Gasteiger partial charge in [0.1, 0.15) is 12.1 Å². The Morgan fingerprint density at radius 3 is 2.52 bits per heavy atom. The number of fused-ring (bicyclic) bond motifs is 1. The summed E-state index contributed by atoms with van der Waals surface area (Å²) in [6.07, 6.45) is 3.38. The van der Waals surface area contributed by atoms with Crippen LogP contribution in [0.15, 0.2) is 55.0 Å². The van der Waals surface area contributed by atoms with Crippen molar-refractivity contribution in [2.75, 3.05) is 5.32 Å². The van der Waals surface area contributed by atoms with Crippen molar-refractivity contribution in [1.82, 2.24) is 19.7 Å². The van der Waals surface area contributed by atoms with Gasteiger partial charge in [-0.15, -0.1) is 0 Å². The summed E-state index contributed by atoms with van der Waals surface area (Å²) in [5.41, 5.74) is 6.46. The summed E-state index contributed by atoms with van der Waals surface area (Å²) >= 11 is 0. The van der Waals surface area contributed by atoms with Gasteiger partial charge in [0.25, 0.3) is 0 Å². The summed E-state index contributed by atoms with van der Waals surface area (Å²) in [5, 5.41) is 8.81. The normalized spacial score (nSPS) is 11.0. The van der Waals surface area contributed by atoms with Crippen LogP contribution in [-0.4, -0.2) is 19.7 Å². The zero-order valence-corrected chi connectivity index (χ0v) is 14.5. The summed E-state index contributed by atoms with van der Waals surface area (Å²) in [6.45, 7) is 6.27. The third-order valence-electron chi connectivity index (χ3n) is 4.48. The fourth-order valence-electron chi connectivity index (χ4n) is 2.86. The average molecular weight is 329 g/mol. The Labute approximate surface area is 146 Å². The molecule has 1 N–H and O–H groups in total. The van der Waals surface area contributed by atoms with Crippen LogP contribution in [0.1, 0.15) is 16.7 Å². The Morgan fingerprint density at radius 1 is 0.920 bits per heavy atom. The smallest absolute Gasteiger partial charge is 0.168 e. The van der Waals surface area contributed by atoms with Crippen LogP contribution in [0.4, 0.5) is 11.5 Å². The molecule has 0 saturated carbocycles. The Kier molecular flexibility index (Phi) is 3.69. The minimum absolute atomic E-state index is 0.755. The van der Waals surface area contributed by atoms with Crippen molar-refractivity contribution in [2.45, 2.75) is 20.8 Å². The third kappa shape index (κ3) is 2.74. The lowest BCUT2D eigenvalue weighted by atomic mass is 10.1. The summed E-state index contributed by atoms with van der Waals surface area (Å²) in [5.74, 6) is 0.755. The maximum atomic E-state index is 4.56. The predicted molar refractivity (Wildman–Crippen MR) is 101 cm³/mol. The quantitative estimate of drug-likeness (QED) is 0.602. The van der Waals surface area contributed by atoms with Gasteiger partial charge in [0.15, 0.2) is 5.65 Å². The lowest BCUT2D eigenvalue weighted by Gasteiger charge is -2.10. The summed E-state index contributed by atoms with van der Waals surface area (Å²) in [6, 6.07) is 14.4. The number of rotatable bonds is 3. The molecular weight excluding hydrogens is 310 g/mol. The lowest BCUT2D eigenvalue weighted by Crippen LogP contribution is -2.02. The summed E-state index contributed by atoms with van der Waals surface area (Å²) in [4.78, 5) is 8.85. The molecule has 0 amide bonds. The maximum absolute atomic E-state index is 4.56. The SMILES string of the molecule is Cc1ccc(Nc2ncnc3c2cnn3-c2cccc(C)c2C)cc1. The van der Waals surface area contributed by atoms with E-state index in [2.05, 4.69) is 65.4 Å². The topological polar surface area (TPSA) is 55.6 Å². The van der Waals surface area contributed by atoms with Crippen LogP contribution in [0, 0.1) is 20.8 Å². The second-order valence-electron chi connectivity index (χ2n) is 6.23. The first-order valence-corrected chi connectivity index (χ1v) is 8.22. The molecule has 5 heteroatoms. The van der Waals surface area contributed by atoms with E-state index in [-0.39, 0.29) is 0 Å². The molecule has 5 nitrogen and oxygen atoms in total. The monoisotopic (exact) mass is 329 g/mol. The van der Waals surface area contributed by atoms with E-state index in [1.807, 2.05) is 29.1 Å². The summed E-state index contributed by atoms with van der Waals surface area (Å²) in [7, 11) is 0. The first-order chi connectivity index (χ1) is 12.1. The van der Waals surface area contributed by atoms with Crippen molar-refractivity contribution >= 4 is 22.5 Å². The standard InChI is InChI=1S/C20H19N5/c1-13-7-9-16(10-8-13)24-19-17-11-23-25(20(17)22-12-21-19)18-6-4-5-14(2)15(18)3/h4-12H,1-3H3,(H,21,22,24). The first-order valence-electron chi connectivity index (χ1n) is 8.22. The number of benzene rings is 2. The van der Waals surface area contributed by atoms with Crippen LogP contribution < -0.4 is 5.32 Å². The van der Waals surface area contributed by atoms with E-state index in [0.29, 0.717) is 0 Å². The minimum Gasteiger partial charge on any atom is -0.340 e. The molecule has 0 atom stereocenters. The molecule has 2 aromatic carbocycles. The van der Waals surface area contributed by atoms with Crippen molar-refractivity contribution in [3.8, 4) is 5.69 Å². The van der Waals surface area contributed by atoms with Gasteiger partial charge in [-0.2, -0.15) is 5.10 Å². The highest BCUT2D eigenvalue weighted by Gasteiger charge is 2.13. The number of nitrogens with one attached hydrogen (secondary N) is 1. The number of anilines is 2. The molecule has 124 valence electrons. The number of aromatic nitrogens is 4. The van der Waals surface area contributed by atoms with E-state index in [1.165, 1.54) is 16.7 Å². The van der Waals surface area contributed by atoms with Crippen LogP contribution in [0.5, 0.6) is 0 Å². The van der Waals surface area contributed by atoms with Crippen molar-refractivity contribution in [1.29, 1.82) is 0 Å². The molecule has 2 heterocycles. The van der Waals surface area contributed by atoms with E-state index in [9.17, 15) is 0 Å². The van der Waals surface area contributed by atoms with Gasteiger partial charge in [0, 0.05) is 5.69 Å². The number of aryl methyl sites for hydroxylation is 2. The van der Waals surface area contributed by atoms with Crippen LogP contribution >= 0.6 is 0 Å². The largest absolute Gasteiger partial charge is 0.340 e. The van der Waals surface area contributed by atoms with Gasteiger partial charge in [0.05, 0.1) is 17.3 Å². The number of hydrogen-bond donors (Lipinski definition) is 1. The molecule has 0 bridgehead atoms. The third-order valence-corrected chi connectivity index (χ3v) is 4.48. The van der Waals surface area contributed by atoms with Gasteiger partial charge >= 0.3 is 0 Å². The van der Waals surface area contributed by atoms with E-state index < -0.39 is 0 Å². The van der Waals surface area contributed by atoms with Gasteiger partial charge in [-0.1, -0.05) is 29.8 Å². The molecule has 2 aromatic heterocycles. The van der Waals surface area contributed by atoms with E-state index in [0.717, 1.165) is 28.2 Å². The van der Waals surface area contributed by atoms with E-state index >= 15 is 0 Å². The Hall–Kier alpha value is -3.21. The van der Waals surface area contributed by atoms with Crippen LogP contribution in [0.25, 0.3) is 16.7 Å². The van der Waals surface area contributed by atoms with Crippen molar-refractivity contribution < 1.29 is 0 Å². The van der Waals surface area contributed by atoms with Gasteiger partial charge in [-0.25, -0.2) is 14.6 Å². The molecule has 4 rings (SSSR count). The second kappa shape index (κ2) is 6.02. The zero-order valence-electron chi connectivity index (χ0n) is 14.5. The minimum atomic E-state index is 0.755. The molecule has 0 radical (unpaired) electrons. The first kappa shape index (κ1) is 15.3. The molecule has 4 aromatic rings. The fraction of sp³-hybridized carbons (Fsp3) is 0.150. The van der Waals surface area contributed by atoms with E-state index in [4.69, 9.17) is 0 Å². The fourth-order valence-corrected chi connectivity index (χ4v) is 2.86. The molecule has 0 aliphatic rings. The van der Waals surface area contributed by atoms with Crippen LogP contribution in [-0.2, 0) is 0 Å². The van der Waals surface area contributed by atoms with Gasteiger partial charge in [0.2, 0.25) is 0 Å². The second-order valence-corrected chi connectivity index (χ2v) is 6.23.